The third-order valence-electron chi connectivity index (χ3n) is 3.96. The Morgan fingerprint density at radius 2 is 1.82 bits per heavy atom. The van der Waals surface area contributed by atoms with Crippen LogP contribution in [0, 0.1) is 11.3 Å². The van der Waals surface area contributed by atoms with Gasteiger partial charge in [-0.3, -0.25) is 4.90 Å². The second-order valence-electron chi connectivity index (χ2n) is 5.51. The lowest BCUT2D eigenvalue weighted by atomic mass is 10.0. The van der Waals surface area contributed by atoms with E-state index in [2.05, 4.69) is 11.0 Å². The fourth-order valence-corrected chi connectivity index (χ4v) is 2.61. The maximum atomic E-state index is 11.5. The number of ether oxygens (including phenoxy) is 1. The standard InChI is InChI=1S/C16H22N4O2/c1-18(2)14-6-4-13(5-7-14)15(12-17)19-8-10-20(11-9-19)16(21)22-3/h4-7,15H,8-11H2,1-3H3. The summed E-state index contributed by atoms with van der Waals surface area (Å²) in [5.74, 6) is 0. The summed E-state index contributed by atoms with van der Waals surface area (Å²) in [6.07, 6.45) is -0.302. The number of carbonyl (C=O) groups is 1. The fourth-order valence-electron chi connectivity index (χ4n) is 2.61. The van der Waals surface area contributed by atoms with Gasteiger partial charge in [0, 0.05) is 46.0 Å². The molecule has 6 nitrogen and oxygen atoms in total. The zero-order valence-corrected chi connectivity index (χ0v) is 13.3. The van der Waals surface area contributed by atoms with Crippen LogP contribution in [0.5, 0.6) is 0 Å². The van der Waals surface area contributed by atoms with Gasteiger partial charge in [0.25, 0.3) is 0 Å². The molecule has 6 heteroatoms. The van der Waals surface area contributed by atoms with Crippen molar-refractivity contribution in [3.63, 3.8) is 0 Å². The molecule has 0 aliphatic carbocycles. The first-order valence-electron chi connectivity index (χ1n) is 7.30. The summed E-state index contributed by atoms with van der Waals surface area (Å²) in [5.41, 5.74) is 2.09. The van der Waals surface area contributed by atoms with Crippen molar-refractivity contribution in [2.45, 2.75) is 6.04 Å². The minimum atomic E-state index is -0.302. The lowest BCUT2D eigenvalue weighted by molar-refractivity contribution is 0.0834. The van der Waals surface area contributed by atoms with Gasteiger partial charge in [-0.15, -0.1) is 0 Å². The molecule has 0 aromatic heterocycles. The first-order valence-corrected chi connectivity index (χ1v) is 7.30. The van der Waals surface area contributed by atoms with Gasteiger partial charge in [-0.1, -0.05) is 12.1 Å². The zero-order chi connectivity index (χ0) is 16.1. The number of nitrogens with zero attached hydrogens (tertiary/aromatic N) is 4. The van der Waals surface area contributed by atoms with Gasteiger partial charge in [0.2, 0.25) is 0 Å². The average Bonchev–Trinajstić information content (AvgIpc) is 2.56. The molecule has 2 rings (SSSR count). The van der Waals surface area contributed by atoms with Crippen molar-refractivity contribution in [2.75, 3.05) is 52.3 Å². The number of hydrogen-bond acceptors (Lipinski definition) is 5. The molecule has 0 spiro atoms. The first-order chi connectivity index (χ1) is 10.6. The minimum Gasteiger partial charge on any atom is -0.453 e. The maximum Gasteiger partial charge on any atom is 0.409 e. The second kappa shape index (κ2) is 7.14. The number of anilines is 1. The Morgan fingerprint density at radius 3 is 2.27 bits per heavy atom. The molecule has 1 saturated heterocycles. The summed E-state index contributed by atoms with van der Waals surface area (Å²) in [7, 11) is 5.37. The third-order valence-corrected chi connectivity index (χ3v) is 3.96. The van der Waals surface area contributed by atoms with Crippen molar-refractivity contribution < 1.29 is 9.53 Å². The molecule has 22 heavy (non-hydrogen) atoms. The normalized spacial score (nSPS) is 16.7. The van der Waals surface area contributed by atoms with Crippen LogP contribution in [0.3, 0.4) is 0 Å². The van der Waals surface area contributed by atoms with Crippen LogP contribution in [-0.2, 0) is 4.74 Å². The maximum absolute atomic E-state index is 11.5. The molecule has 118 valence electrons. The molecule has 0 N–H and O–H groups in total. The number of methoxy groups -OCH3 is 1. The second-order valence-corrected chi connectivity index (χ2v) is 5.51. The molecule has 1 amide bonds. The van der Waals surface area contributed by atoms with E-state index in [0.717, 1.165) is 11.3 Å². The largest absolute Gasteiger partial charge is 0.453 e. The number of hydrogen-bond donors (Lipinski definition) is 0. The van der Waals surface area contributed by atoms with Crippen molar-refractivity contribution in [2.24, 2.45) is 0 Å². The number of nitriles is 1. The van der Waals surface area contributed by atoms with E-state index in [1.54, 1.807) is 4.90 Å². The Morgan fingerprint density at radius 1 is 1.23 bits per heavy atom. The van der Waals surface area contributed by atoms with Crippen molar-refractivity contribution in [3.05, 3.63) is 29.8 Å². The van der Waals surface area contributed by atoms with E-state index >= 15 is 0 Å². The molecule has 0 radical (unpaired) electrons. The number of carbonyl (C=O) groups excluding carboxylic acids is 1. The number of piperazine rings is 1. The Labute approximate surface area is 131 Å². The summed E-state index contributed by atoms with van der Waals surface area (Å²) in [5, 5.41) is 9.52. The van der Waals surface area contributed by atoms with Crippen molar-refractivity contribution in [3.8, 4) is 6.07 Å². The Balaban J connectivity index is 2.04. The molecule has 1 fully saturated rings. The highest BCUT2D eigenvalue weighted by molar-refractivity contribution is 5.67. The van der Waals surface area contributed by atoms with Crippen molar-refractivity contribution >= 4 is 11.8 Å². The lowest BCUT2D eigenvalue weighted by Crippen LogP contribution is -2.49. The molecule has 1 unspecified atom stereocenters. The molecule has 1 atom stereocenters. The highest BCUT2D eigenvalue weighted by atomic mass is 16.5. The van der Waals surface area contributed by atoms with Crippen LogP contribution in [0.15, 0.2) is 24.3 Å². The van der Waals surface area contributed by atoms with Gasteiger partial charge in [0.05, 0.1) is 13.2 Å². The predicted molar refractivity (Wildman–Crippen MR) is 84.7 cm³/mol. The zero-order valence-electron chi connectivity index (χ0n) is 13.3. The van der Waals surface area contributed by atoms with Crippen LogP contribution in [0.1, 0.15) is 11.6 Å². The van der Waals surface area contributed by atoms with Crippen LogP contribution in [0.4, 0.5) is 10.5 Å². The fraction of sp³-hybridized carbons (Fsp3) is 0.500. The molecule has 0 bridgehead atoms. The van der Waals surface area contributed by atoms with Crippen LogP contribution in [-0.4, -0.2) is 63.3 Å². The van der Waals surface area contributed by atoms with Crippen LogP contribution in [0.2, 0.25) is 0 Å². The van der Waals surface area contributed by atoms with Gasteiger partial charge in [-0.05, 0) is 17.7 Å². The summed E-state index contributed by atoms with van der Waals surface area (Å²) < 4.78 is 4.73. The molecule has 1 heterocycles. The van der Waals surface area contributed by atoms with Gasteiger partial charge in [-0.25, -0.2) is 4.79 Å². The highest BCUT2D eigenvalue weighted by Crippen LogP contribution is 2.24. The SMILES string of the molecule is COC(=O)N1CCN(C(C#N)c2ccc(N(C)C)cc2)CC1. The van der Waals surface area contributed by atoms with E-state index in [9.17, 15) is 10.1 Å². The molecular weight excluding hydrogens is 280 g/mol. The van der Waals surface area contributed by atoms with Crippen LogP contribution in [0.25, 0.3) is 0 Å². The number of benzene rings is 1. The quantitative estimate of drug-likeness (QED) is 0.850. The number of rotatable bonds is 3. The highest BCUT2D eigenvalue weighted by Gasteiger charge is 2.27. The smallest absolute Gasteiger partial charge is 0.409 e. The number of amides is 1. The Kier molecular flexibility index (Phi) is 5.23. The van der Waals surface area contributed by atoms with E-state index in [1.165, 1.54) is 7.11 Å². The van der Waals surface area contributed by atoms with Gasteiger partial charge in [0.15, 0.2) is 0 Å². The third kappa shape index (κ3) is 3.49. The Bertz CT molecular complexity index is 542. The molecule has 0 saturated carbocycles. The summed E-state index contributed by atoms with van der Waals surface area (Å²) in [6.45, 7) is 2.51. The van der Waals surface area contributed by atoms with Crippen LogP contribution >= 0.6 is 0 Å². The van der Waals surface area contributed by atoms with E-state index in [0.29, 0.717) is 26.2 Å². The minimum absolute atomic E-state index is 0.281. The lowest BCUT2D eigenvalue weighted by Gasteiger charge is -2.36. The molecule has 1 aliphatic heterocycles. The predicted octanol–water partition coefficient (Wildman–Crippen LogP) is 1.70. The average molecular weight is 302 g/mol. The van der Waals surface area contributed by atoms with E-state index in [4.69, 9.17) is 4.74 Å². The summed E-state index contributed by atoms with van der Waals surface area (Å²) in [6, 6.07) is 10.1. The Hall–Kier alpha value is -2.26. The summed E-state index contributed by atoms with van der Waals surface area (Å²) >= 11 is 0. The van der Waals surface area contributed by atoms with Gasteiger partial charge >= 0.3 is 6.09 Å². The van der Waals surface area contributed by atoms with Gasteiger partial charge < -0.3 is 14.5 Å². The summed E-state index contributed by atoms with van der Waals surface area (Å²) in [4.78, 5) is 17.3. The monoisotopic (exact) mass is 302 g/mol. The van der Waals surface area contributed by atoms with Gasteiger partial charge in [-0.2, -0.15) is 5.26 Å². The van der Waals surface area contributed by atoms with Gasteiger partial charge in [0.1, 0.15) is 6.04 Å². The van der Waals surface area contributed by atoms with Crippen molar-refractivity contribution in [1.82, 2.24) is 9.80 Å². The van der Waals surface area contributed by atoms with E-state index < -0.39 is 0 Å². The topological polar surface area (TPSA) is 59.8 Å². The molecular formula is C16H22N4O2. The van der Waals surface area contributed by atoms with E-state index in [1.807, 2.05) is 43.3 Å². The van der Waals surface area contributed by atoms with Crippen LogP contribution < -0.4 is 4.90 Å². The van der Waals surface area contributed by atoms with Crippen molar-refractivity contribution in [1.29, 1.82) is 5.26 Å². The first kappa shape index (κ1) is 16.1. The molecule has 1 aromatic rings. The molecule has 1 aromatic carbocycles. The van der Waals surface area contributed by atoms with E-state index in [-0.39, 0.29) is 12.1 Å². The molecule has 1 aliphatic rings.